The fourth-order valence-electron chi connectivity index (χ4n) is 3.70. The zero-order valence-electron chi connectivity index (χ0n) is 15.1. The topological polar surface area (TPSA) is 58.2 Å². The Labute approximate surface area is 159 Å². The van der Waals surface area contributed by atoms with E-state index in [1.807, 2.05) is 17.0 Å². The molecule has 5 nitrogen and oxygen atoms in total. The van der Waals surface area contributed by atoms with Gasteiger partial charge >= 0.3 is 0 Å². The number of aromatic amines is 1. The molecule has 0 bridgehead atoms. The van der Waals surface area contributed by atoms with Gasteiger partial charge in [0.1, 0.15) is 0 Å². The number of hydrogen-bond donors (Lipinski definition) is 1. The molecule has 27 heavy (non-hydrogen) atoms. The summed E-state index contributed by atoms with van der Waals surface area (Å²) in [5, 5.41) is 6.59. The molecule has 0 aliphatic carbocycles. The van der Waals surface area contributed by atoms with Crippen LogP contribution in [-0.2, 0) is 4.74 Å². The molecule has 2 heterocycles. The maximum Gasteiger partial charge on any atom is 0.257 e. The van der Waals surface area contributed by atoms with Crippen molar-refractivity contribution in [3.63, 3.8) is 0 Å². The van der Waals surface area contributed by atoms with Gasteiger partial charge in [-0.1, -0.05) is 60.7 Å². The van der Waals surface area contributed by atoms with Crippen LogP contribution in [0.3, 0.4) is 0 Å². The molecule has 138 valence electrons. The molecule has 0 spiro atoms. The van der Waals surface area contributed by atoms with Gasteiger partial charge in [0.05, 0.1) is 24.5 Å². The molecule has 1 N–H and O–H groups in total. The van der Waals surface area contributed by atoms with E-state index in [-0.39, 0.29) is 17.9 Å². The molecule has 1 atom stereocenters. The van der Waals surface area contributed by atoms with Crippen molar-refractivity contribution in [2.24, 2.45) is 0 Å². The van der Waals surface area contributed by atoms with Gasteiger partial charge in [-0.25, -0.2) is 0 Å². The van der Waals surface area contributed by atoms with E-state index in [0.29, 0.717) is 25.3 Å². The summed E-state index contributed by atoms with van der Waals surface area (Å²) >= 11 is 0. The molecule has 4 rings (SSSR count). The highest BCUT2D eigenvalue weighted by atomic mass is 16.5. The Kier molecular flexibility index (Phi) is 5.30. The van der Waals surface area contributed by atoms with Crippen LogP contribution >= 0.6 is 0 Å². The molecule has 1 saturated heterocycles. The van der Waals surface area contributed by atoms with Gasteiger partial charge in [-0.05, 0) is 17.5 Å². The second-order valence-corrected chi connectivity index (χ2v) is 6.84. The lowest BCUT2D eigenvalue weighted by Gasteiger charge is -2.34. The van der Waals surface area contributed by atoms with Crippen molar-refractivity contribution in [2.75, 3.05) is 19.7 Å². The van der Waals surface area contributed by atoms with Crippen molar-refractivity contribution in [1.82, 2.24) is 15.1 Å². The first-order chi connectivity index (χ1) is 13.3. The van der Waals surface area contributed by atoms with Crippen molar-refractivity contribution in [3.8, 4) is 0 Å². The molecule has 2 aromatic carbocycles. The second-order valence-electron chi connectivity index (χ2n) is 6.84. The molecule has 1 amide bonds. The lowest BCUT2D eigenvalue weighted by molar-refractivity contribution is -0.0264. The second kappa shape index (κ2) is 8.18. The molecule has 1 aliphatic rings. The van der Waals surface area contributed by atoms with Crippen LogP contribution < -0.4 is 0 Å². The minimum Gasteiger partial charge on any atom is -0.375 e. The number of rotatable bonds is 5. The number of benzene rings is 2. The average Bonchev–Trinajstić information content (AvgIpc) is 3.28. The van der Waals surface area contributed by atoms with Crippen molar-refractivity contribution in [3.05, 3.63) is 89.7 Å². The fourth-order valence-corrected chi connectivity index (χ4v) is 3.70. The summed E-state index contributed by atoms with van der Waals surface area (Å²) in [6, 6.07) is 21.0. The SMILES string of the molecule is O=C(c1cn[nH]c1)N1CCOC(CC(c2ccccc2)c2ccccc2)C1. The average molecular weight is 361 g/mol. The number of nitrogens with zero attached hydrogens (tertiary/aromatic N) is 2. The van der Waals surface area contributed by atoms with Gasteiger partial charge in [0.2, 0.25) is 0 Å². The number of morpholine rings is 1. The summed E-state index contributed by atoms with van der Waals surface area (Å²) in [5.74, 6) is 0.245. The third-order valence-electron chi connectivity index (χ3n) is 5.07. The van der Waals surface area contributed by atoms with E-state index < -0.39 is 0 Å². The molecule has 5 heteroatoms. The molecular weight excluding hydrogens is 338 g/mol. The van der Waals surface area contributed by atoms with Gasteiger partial charge in [-0.2, -0.15) is 5.10 Å². The van der Waals surface area contributed by atoms with Crippen LogP contribution in [0.4, 0.5) is 0 Å². The predicted octanol–water partition coefficient (Wildman–Crippen LogP) is 3.47. The zero-order chi connectivity index (χ0) is 18.5. The molecule has 0 radical (unpaired) electrons. The molecule has 1 fully saturated rings. The van der Waals surface area contributed by atoms with Crippen molar-refractivity contribution in [2.45, 2.75) is 18.4 Å². The maximum atomic E-state index is 12.6. The van der Waals surface area contributed by atoms with Crippen LogP contribution in [0, 0.1) is 0 Å². The van der Waals surface area contributed by atoms with Crippen LogP contribution in [0.25, 0.3) is 0 Å². The van der Waals surface area contributed by atoms with Crippen LogP contribution in [0.1, 0.15) is 33.8 Å². The summed E-state index contributed by atoms with van der Waals surface area (Å²) in [6.45, 7) is 1.77. The molecular formula is C22H23N3O2. The Morgan fingerprint density at radius 2 is 1.78 bits per heavy atom. The predicted molar refractivity (Wildman–Crippen MR) is 104 cm³/mol. The van der Waals surface area contributed by atoms with E-state index in [1.54, 1.807) is 12.4 Å². The molecule has 1 unspecified atom stereocenters. The van der Waals surface area contributed by atoms with Gasteiger partial charge in [0.15, 0.2) is 0 Å². The first-order valence-corrected chi connectivity index (χ1v) is 9.31. The van der Waals surface area contributed by atoms with Crippen molar-refractivity contribution < 1.29 is 9.53 Å². The van der Waals surface area contributed by atoms with Crippen LogP contribution in [0.15, 0.2) is 73.1 Å². The number of H-pyrrole nitrogens is 1. The minimum atomic E-state index is 0.0000123. The number of amides is 1. The lowest BCUT2D eigenvalue weighted by atomic mass is 9.86. The first-order valence-electron chi connectivity index (χ1n) is 9.31. The molecule has 1 aromatic heterocycles. The van der Waals surface area contributed by atoms with Gasteiger partial charge in [-0.15, -0.1) is 0 Å². The minimum absolute atomic E-state index is 0.0000123. The summed E-state index contributed by atoms with van der Waals surface area (Å²) in [4.78, 5) is 14.5. The highest BCUT2D eigenvalue weighted by molar-refractivity contribution is 5.93. The monoisotopic (exact) mass is 361 g/mol. The standard InChI is InChI=1S/C22H23N3O2/c26-22(19-14-23-24-15-19)25-11-12-27-20(16-25)13-21(17-7-3-1-4-8-17)18-9-5-2-6-10-18/h1-10,14-15,20-21H,11-13,16H2,(H,23,24). The zero-order valence-corrected chi connectivity index (χ0v) is 15.1. The Bertz CT molecular complexity index is 810. The van der Waals surface area contributed by atoms with E-state index in [9.17, 15) is 4.79 Å². The van der Waals surface area contributed by atoms with Crippen molar-refractivity contribution >= 4 is 5.91 Å². The normalized spacial score (nSPS) is 17.2. The number of carbonyl (C=O) groups excluding carboxylic acids is 1. The van der Waals surface area contributed by atoms with E-state index in [4.69, 9.17) is 4.74 Å². The third-order valence-corrected chi connectivity index (χ3v) is 5.07. The van der Waals surface area contributed by atoms with Crippen LogP contribution in [0.2, 0.25) is 0 Å². The van der Waals surface area contributed by atoms with E-state index >= 15 is 0 Å². The number of ether oxygens (including phenoxy) is 1. The quantitative estimate of drug-likeness (QED) is 0.757. The Morgan fingerprint density at radius 3 is 2.37 bits per heavy atom. The number of hydrogen-bond acceptors (Lipinski definition) is 3. The number of aromatic nitrogens is 2. The van der Waals surface area contributed by atoms with Crippen LogP contribution in [-0.4, -0.2) is 46.8 Å². The Balaban J connectivity index is 1.52. The molecule has 0 saturated carbocycles. The van der Waals surface area contributed by atoms with Gasteiger partial charge in [-0.3, -0.25) is 9.89 Å². The third kappa shape index (κ3) is 4.09. The summed E-state index contributed by atoms with van der Waals surface area (Å²) in [6.07, 6.45) is 4.05. The lowest BCUT2D eigenvalue weighted by Crippen LogP contribution is -2.46. The van der Waals surface area contributed by atoms with Gasteiger partial charge in [0, 0.05) is 25.2 Å². The van der Waals surface area contributed by atoms with E-state index in [2.05, 4.69) is 58.7 Å². The molecule has 3 aromatic rings. The molecule has 1 aliphatic heterocycles. The summed E-state index contributed by atoms with van der Waals surface area (Å²) < 4.78 is 6.03. The Hall–Kier alpha value is -2.92. The van der Waals surface area contributed by atoms with Gasteiger partial charge in [0.25, 0.3) is 5.91 Å². The number of carbonyl (C=O) groups is 1. The largest absolute Gasteiger partial charge is 0.375 e. The smallest absolute Gasteiger partial charge is 0.257 e. The Morgan fingerprint density at radius 1 is 1.11 bits per heavy atom. The summed E-state index contributed by atoms with van der Waals surface area (Å²) in [7, 11) is 0. The van der Waals surface area contributed by atoms with Crippen molar-refractivity contribution in [1.29, 1.82) is 0 Å². The maximum absolute atomic E-state index is 12.6. The van der Waals surface area contributed by atoms with Gasteiger partial charge < -0.3 is 9.64 Å². The highest BCUT2D eigenvalue weighted by Crippen LogP contribution is 2.31. The van der Waals surface area contributed by atoms with E-state index in [1.165, 1.54) is 11.1 Å². The van der Waals surface area contributed by atoms with E-state index in [0.717, 1.165) is 6.42 Å². The highest BCUT2D eigenvalue weighted by Gasteiger charge is 2.28. The first kappa shape index (κ1) is 17.5. The summed E-state index contributed by atoms with van der Waals surface area (Å²) in [5.41, 5.74) is 3.13. The van der Waals surface area contributed by atoms with Crippen LogP contribution in [0.5, 0.6) is 0 Å². The number of nitrogens with one attached hydrogen (secondary N) is 1. The fraction of sp³-hybridized carbons (Fsp3) is 0.273.